The summed E-state index contributed by atoms with van der Waals surface area (Å²) in [6, 6.07) is 0. The first-order chi connectivity index (χ1) is 6.10. The van der Waals surface area contributed by atoms with E-state index in [1.165, 1.54) is 6.08 Å². The van der Waals surface area contributed by atoms with Gasteiger partial charge < -0.3 is 10.4 Å². The molecular formula is C9H13NO3. The molecule has 13 heavy (non-hydrogen) atoms. The summed E-state index contributed by atoms with van der Waals surface area (Å²) in [5.74, 6) is -1.16. The Morgan fingerprint density at radius 2 is 2.46 bits per heavy atom. The van der Waals surface area contributed by atoms with Crippen LogP contribution in [0.25, 0.3) is 0 Å². The Morgan fingerprint density at radius 3 is 2.92 bits per heavy atom. The first-order valence-corrected chi connectivity index (χ1v) is 4.26. The van der Waals surface area contributed by atoms with E-state index in [-0.39, 0.29) is 12.3 Å². The van der Waals surface area contributed by atoms with Crippen molar-refractivity contribution in [3.05, 3.63) is 12.7 Å². The number of carbonyl (C=O) groups is 2. The van der Waals surface area contributed by atoms with Crippen LogP contribution < -0.4 is 5.32 Å². The molecule has 0 radical (unpaired) electrons. The lowest BCUT2D eigenvalue weighted by Gasteiger charge is -2.33. The maximum absolute atomic E-state index is 11.0. The summed E-state index contributed by atoms with van der Waals surface area (Å²) in [4.78, 5) is 22.0. The Kier molecular flexibility index (Phi) is 2.70. The minimum atomic E-state index is -1.10. The topological polar surface area (TPSA) is 66.4 Å². The molecule has 4 nitrogen and oxygen atoms in total. The highest BCUT2D eigenvalue weighted by molar-refractivity contribution is 5.88. The third kappa shape index (κ3) is 1.88. The third-order valence-electron chi connectivity index (χ3n) is 2.29. The van der Waals surface area contributed by atoms with Crippen molar-refractivity contribution in [3.8, 4) is 0 Å². The van der Waals surface area contributed by atoms with Gasteiger partial charge in [0.25, 0.3) is 0 Å². The van der Waals surface area contributed by atoms with Crippen LogP contribution in [0.5, 0.6) is 0 Å². The molecule has 0 aromatic heterocycles. The van der Waals surface area contributed by atoms with Crippen LogP contribution >= 0.6 is 0 Å². The van der Waals surface area contributed by atoms with Crippen LogP contribution in [0.4, 0.5) is 0 Å². The Balaban J connectivity index is 2.82. The Morgan fingerprint density at radius 1 is 1.77 bits per heavy atom. The number of carbonyl (C=O) groups excluding carboxylic acids is 1. The third-order valence-corrected chi connectivity index (χ3v) is 2.29. The highest BCUT2D eigenvalue weighted by Crippen LogP contribution is 2.24. The molecule has 1 aliphatic heterocycles. The van der Waals surface area contributed by atoms with Crippen molar-refractivity contribution in [2.45, 2.75) is 31.2 Å². The average molecular weight is 183 g/mol. The van der Waals surface area contributed by atoms with Crippen LogP contribution in [0, 0.1) is 0 Å². The lowest BCUT2D eigenvalue weighted by Crippen LogP contribution is -2.56. The molecule has 0 bridgehead atoms. The summed E-state index contributed by atoms with van der Waals surface area (Å²) in [6.45, 7) is 3.49. The van der Waals surface area contributed by atoms with E-state index in [0.717, 1.165) is 0 Å². The Hall–Kier alpha value is -1.32. The predicted molar refractivity (Wildman–Crippen MR) is 47.2 cm³/mol. The average Bonchev–Trinajstić information content (AvgIpc) is 2.04. The van der Waals surface area contributed by atoms with E-state index in [4.69, 9.17) is 5.11 Å². The highest BCUT2D eigenvalue weighted by Gasteiger charge is 2.40. The standard InChI is InChI=1S/C9H13NO3/c1-2-5-9(8(12)13)6-3-4-7(11)10-9/h2H,1,3-6H2,(H,10,11)(H,12,13)/t9-/m0/s1. The molecule has 1 saturated heterocycles. The maximum Gasteiger partial charge on any atom is 0.329 e. The minimum absolute atomic E-state index is 0.185. The zero-order chi connectivity index (χ0) is 9.90. The van der Waals surface area contributed by atoms with Gasteiger partial charge in [0.15, 0.2) is 0 Å². The second-order valence-corrected chi connectivity index (χ2v) is 3.28. The van der Waals surface area contributed by atoms with Gasteiger partial charge in [0.2, 0.25) is 5.91 Å². The molecule has 2 N–H and O–H groups in total. The fourth-order valence-electron chi connectivity index (χ4n) is 1.59. The zero-order valence-corrected chi connectivity index (χ0v) is 7.38. The summed E-state index contributed by atoms with van der Waals surface area (Å²) < 4.78 is 0. The first-order valence-electron chi connectivity index (χ1n) is 4.26. The summed E-state index contributed by atoms with van der Waals surface area (Å²) in [6.07, 6.45) is 3.35. The number of carboxylic acid groups (broad SMARTS) is 1. The van der Waals surface area contributed by atoms with Crippen LogP contribution in [-0.2, 0) is 9.59 Å². The number of rotatable bonds is 3. The Bertz CT molecular complexity index is 249. The number of hydrogen-bond acceptors (Lipinski definition) is 2. The lowest BCUT2D eigenvalue weighted by molar-refractivity contribution is -0.149. The molecule has 0 saturated carbocycles. The van der Waals surface area contributed by atoms with Gasteiger partial charge in [-0.15, -0.1) is 6.58 Å². The van der Waals surface area contributed by atoms with Crippen molar-refractivity contribution in [2.75, 3.05) is 0 Å². The predicted octanol–water partition coefficient (Wildman–Crippen LogP) is 0.686. The van der Waals surface area contributed by atoms with E-state index in [2.05, 4.69) is 11.9 Å². The molecule has 0 aromatic rings. The van der Waals surface area contributed by atoms with Crippen molar-refractivity contribution < 1.29 is 14.7 Å². The molecule has 1 heterocycles. The number of amides is 1. The van der Waals surface area contributed by atoms with E-state index in [1.54, 1.807) is 0 Å². The van der Waals surface area contributed by atoms with Crippen LogP contribution in [0.3, 0.4) is 0 Å². The minimum Gasteiger partial charge on any atom is -0.479 e. The molecule has 4 heteroatoms. The molecule has 72 valence electrons. The quantitative estimate of drug-likeness (QED) is 0.632. The van der Waals surface area contributed by atoms with Crippen molar-refractivity contribution in [1.29, 1.82) is 0 Å². The first kappa shape index (κ1) is 9.77. The number of nitrogens with one attached hydrogen (secondary N) is 1. The van der Waals surface area contributed by atoms with Gasteiger partial charge in [0.1, 0.15) is 5.54 Å². The van der Waals surface area contributed by atoms with Crippen molar-refractivity contribution >= 4 is 11.9 Å². The highest BCUT2D eigenvalue weighted by atomic mass is 16.4. The number of hydrogen-bond donors (Lipinski definition) is 2. The fraction of sp³-hybridized carbons (Fsp3) is 0.556. The Labute approximate surface area is 76.6 Å². The zero-order valence-electron chi connectivity index (χ0n) is 7.38. The molecule has 1 rings (SSSR count). The summed E-state index contributed by atoms with van der Waals surface area (Å²) in [7, 11) is 0. The molecule has 0 aliphatic carbocycles. The van der Waals surface area contributed by atoms with Crippen LogP contribution in [0.2, 0.25) is 0 Å². The molecule has 1 fully saturated rings. The molecule has 0 unspecified atom stereocenters. The van der Waals surface area contributed by atoms with E-state index >= 15 is 0 Å². The van der Waals surface area contributed by atoms with Crippen molar-refractivity contribution in [2.24, 2.45) is 0 Å². The smallest absolute Gasteiger partial charge is 0.329 e. The number of aliphatic carboxylic acids is 1. The van der Waals surface area contributed by atoms with Gasteiger partial charge in [0.05, 0.1) is 0 Å². The van der Waals surface area contributed by atoms with Gasteiger partial charge in [-0.2, -0.15) is 0 Å². The monoisotopic (exact) mass is 183 g/mol. The number of carboxylic acids is 1. The van der Waals surface area contributed by atoms with Gasteiger partial charge in [-0.05, 0) is 19.3 Å². The van der Waals surface area contributed by atoms with Gasteiger partial charge in [-0.3, -0.25) is 4.79 Å². The van der Waals surface area contributed by atoms with Crippen LogP contribution in [-0.4, -0.2) is 22.5 Å². The van der Waals surface area contributed by atoms with Gasteiger partial charge in [0, 0.05) is 6.42 Å². The van der Waals surface area contributed by atoms with Crippen molar-refractivity contribution in [3.63, 3.8) is 0 Å². The van der Waals surface area contributed by atoms with E-state index in [9.17, 15) is 9.59 Å². The molecule has 1 amide bonds. The second-order valence-electron chi connectivity index (χ2n) is 3.28. The van der Waals surface area contributed by atoms with Crippen LogP contribution in [0.15, 0.2) is 12.7 Å². The molecule has 0 aromatic carbocycles. The van der Waals surface area contributed by atoms with Crippen molar-refractivity contribution in [1.82, 2.24) is 5.32 Å². The summed E-state index contributed by atoms with van der Waals surface area (Å²) >= 11 is 0. The van der Waals surface area contributed by atoms with Gasteiger partial charge >= 0.3 is 5.97 Å². The number of piperidine rings is 1. The molecule has 1 atom stereocenters. The normalized spacial score (nSPS) is 27.8. The molecule has 1 aliphatic rings. The maximum atomic E-state index is 11.0. The summed E-state index contributed by atoms with van der Waals surface area (Å²) in [5.41, 5.74) is -1.10. The molecule has 0 spiro atoms. The second kappa shape index (κ2) is 3.60. The van der Waals surface area contributed by atoms with Crippen LogP contribution in [0.1, 0.15) is 25.7 Å². The SMILES string of the molecule is C=CC[C@@]1(C(=O)O)CCCC(=O)N1. The van der Waals surface area contributed by atoms with E-state index in [0.29, 0.717) is 19.3 Å². The van der Waals surface area contributed by atoms with Gasteiger partial charge in [-0.1, -0.05) is 6.08 Å². The largest absolute Gasteiger partial charge is 0.479 e. The fourth-order valence-corrected chi connectivity index (χ4v) is 1.59. The summed E-state index contributed by atoms with van der Waals surface area (Å²) in [5, 5.41) is 11.5. The lowest BCUT2D eigenvalue weighted by atomic mass is 9.86. The van der Waals surface area contributed by atoms with Gasteiger partial charge in [-0.25, -0.2) is 4.79 Å². The molecular weight excluding hydrogens is 170 g/mol. The van der Waals surface area contributed by atoms with E-state index < -0.39 is 11.5 Å². The van der Waals surface area contributed by atoms with E-state index in [1.807, 2.05) is 0 Å².